The molecule has 12 heavy (non-hydrogen) atoms. The Kier molecular flexibility index (Phi) is 6.01. The molecule has 0 heterocycles. The third kappa shape index (κ3) is 5.68. The second-order valence-electron chi connectivity index (χ2n) is 2.44. The maximum Gasteiger partial charge on any atom is 0.332 e. The van der Waals surface area contributed by atoms with E-state index >= 15 is 0 Å². The van der Waals surface area contributed by atoms with E-state index in [0.717, 1.165) is 13.0 Å². The maximum atomic E-state index is 10.3. The monoisotopic (exact) mass is 169 g/mol. The molecule has 0 aliphatic carbocycles. The predicted octanol–water partition coefficient (Wildman–Crippen LogP) is 1.18. The molecule has 0 aliphatic heterocycles. The number of hydrogen-bond acceptors (Lipinski definition) is 2. The lowest BCUT2D eigenvalue weighted by molar-refractivity contribution is -0.132. The minimum absolute atomic E-state index is 0.204. The van der Waals surface area contributed by atoms with Crippen molar-refractivity contribution in [3.8, 4) is 0 Å². The molecule has 0 unspecified atom stereocenters. The molecule has 0 rings (SSSR count). The average Bonchev–Trinajstić information content (AvgIpc) is 2.03. The molecule has 0 saturated carbocycles. The van der Waals surface area contributed by atoms with Crippen molar-refractivity contribution < 1.29 is 9.90 Å². The Hall–Kier alpha value is -1.09. The number of carboxylic acid groups (broad SMARTS) is 1. The van der Waals surface area contributed by atoms with Gasteiger partial charge in [0.2, 0.25) is 0 Å². The summed E-state index contributed by atoms with van der Waals surface area (Å²) in [5, 5.41) is 11.4. The first-order chi connectivity index (χ1) is 5.68. The molecule has 68 valence electrons. The van der Waals surface area contributed by atoms with Gasteiger partial charge in [0.25, 0.3) is 0 Å². The van der Waals surface area contributed by atoms with E-state index in [-0.39, 0.29) is 5.57 Å². The van der Waals surface area contributed by atoms with Crippen molar-refractivity contribution in [3.63, 3.8) is 0 Å². The van der Waals surface area contributed by atoms with Crippen molar-refractivity contribution in [1.82, 2.24) is 5.32 Å². The molecule has 0 aromatic carbocycles. The number of allylic oxidation sites excluding steroid dienone is 1. The largest absolute Gasteiger partial charge is 0.478 e. The molecule has 3 heteroatoms. The number of carbonyl (C=O) groups is 1. The molecule has 0 aromatic heterocycles. The smallest absolute Gasteiger partial charge is 0.332 e. The van der Waals surface area contributed by atoms with Gasteiger partial charge in [0.1, 0.15) is 0 Å². The highest BCUT2D eigenvalue weighted by Gasteiger charge is 2.00. The molecule has 0 saturated heterocycles. The van der Waals surface area contributed by atoms with Gasteiger partial charge < -0.3 is 10.4 Å². The van der Waals surface area contributed by atoms with Crippen molar-refractivity contribution in [3.05, 3.63) is 24.3 Å². The van der Waals surface area contributed by atoms with Crippen LogP contribution in [0.15, 0.2) is 24.3 Å². The fourth-order valence-electron chi connectivity index (χ4n) is 0.667. The zero-order chi connectivity index (χ0) is 9.40. The van der Waals surface area contributed by atoms with Gasteiger partial charge in [-0.25, -0.2) is 4.79 Å². The van der Waals surface area contributed by atoms with E-state index in [1.165, 1.54) is 0 Å². The molecule has 0 spiro atoms. The Balaban J connectivity index is 3.32. The minimum Gasteiger partial charge on any atom is -0.478 e. The molecule has 0 radical (unpaired) electrons. The summed E-state index contributed by atoms with van der Waals surface area (Å²) in [5.41, 5.74) is 0.204. The molecule has 0 aliphatic rings. The van der Waals surface area contributed by atoms with E-state index in [1.54, 1.807) is 0 Å². The van der Waals surface area contributed by atoms with E-state index in [9.17, 15) is 4.79 Å². The lowest BCUT2D eigenvalue weighted by Crippen LogP contribution is -2.20. The number of rotatable bonds is 6. The standard InChI is InChI=1S/C9H15NO2/c1-3-4-5-6-10-7-8(2)9(11)12/h3-4,10H,2,5-7H2,1H3,(H,11,12)/b4-3+. The van der Waals surface area contributed by atoms with Crippen LogP contribution in [0.5, 0.6) is 0 Å². The van der Waals surface area contributed by atoms with Crippen molar-refractivity contribution in [2.24, 2.45) is 0 Å². The zero-order valence-electron chi connectivity index (χ0n) is 7.34. The zero-order valence-corrected chi connectivity index (χ0v) is 7.34. The van der Waals surface area contributed by atoms with Crippen molar-refractivity contribution in [1.29, 1.82) is 0 Å². The van der Waals surface area contributed by atoms with Crippen LogP contribution in [0.4, 0.5) is 0 Å². The summed E-state index contributed by atoms with van der Waals surface area (Å²) in [6.07, 6.45) is 4.91. The predicted molar refractivity (Wildman–Crippen MR) is 49.1 cm³/mol. The SMILES string of the molecule is C=C(CNCC/C=C/C)C(=O)O. The number of hydrogen-bond donors (Lipinski definition) is 2. The topological polar surface area (TPSA) is 49.3 Å². The first-order valence-electron chi connectivity index (χ1n) is 3.91. The van der Waals surface area contributed by atoms with E-state index in [2.05, 4.69) is 11.9 Å². The van der Waals surface area contributed by atoms with Gasteiger partial charge in [0, 0.05) is 12.1 Å². The molecule has 0 fully saturated rings. The normalized spacial score (nSPS) is 10.4. The van der Waals surface area contributed by atoms with E-state index < -0.39 is 5.97 Å². The highest BCUT2D eigenvalue weighted by molar-refractivity contribution is 5.86. The Bertz CT molecular complexity index is 185. The van der Waals surface area contributed by atoms with Crippen LogP contribution < -0.4 is 5.32 Å². The van der Waals surface area contributed by atoms with Crippen LogP contribution in [-0.2, 0) is 4.79 Å². The highest BCUT2D eigenvalue weighted by Crippen LogP contribution is 1.87. The first kappa shape index (κ1) is 10.9. The molecule has 3 nitrogen and oxygen atoms in total. The summed E-state index contributed by atoms with van der Waals surface area (Å²) < 4.78 is 0. The molecule has 0 atom stereocenters. The minimum atomic E-state index is -0.937. The molecular weight excluding hydrogens is 154 g/mol. The van der Waals surface area contributed by atoms with Crippen LogP contribution in [0, 0.1) is 0 Å². The molecular formula is C9H15NO2. The Labute approximate surface area is 72.8 Å². The van der Waals surface area contributed by atoms with Gasteiger partial charge in [-0.05, 0) is 19.9 Å². The molecule has 0 aromatic rings. The second kappa shape index (κ2) is 6.61. The molecule has 0 bridgehead atoms. The van der Waals surface area contributed by atoms with Crippen LogP contribution in [0.3, 0.4) is 0 Å². The third-order valence-electron chi connectivity index (χ3n) is 1.36. The van der Waals surface area contributed by atoms with Gasteiger partial charge in [-0.15, -0.1) is 0 Å². The van der Waals surface area contributed by atoms with Gasteiger partial charge >= 0.3 is 5.97 Å². The Morgan fingerprint density at radius 3 is 2.83 bits per heavy atom. The number of nitrogens with one attached hydrogen (secondary N) is 1. The summed E-state index contributed by atoms with van der Waals surface area (Å²) in [6, 6.07) is 0. The van der Waals surface area contributed by atoms with Crippen LogP contribution in [-0.4, -0.2) is 24.2 Å². The van der Waals surface area contributed by atoms with Gasteiger partial charge in [-0.3, -0.25) is 0 Å². The summed E-state index contributed by atoms with van der Waals surface area (Å²) in [5.74, 6) is -0.937. The Morgan fingerprint density at radius 2 is 2.33 bits per heavy atom. The van der Waals surface area contributed by atoms with Crippen LogP contribution >= 0.6 is 0 Å². The quantitative estimate of drug-likeness (QED) is 0.356. The van der Waals surface area contributed by atoms with Crippen molar-refractivity contribution >= 4 is 5.97 Å². The Morgan fingerprint density at radius 1 is 1.67 bits per heavy atom. The lowest BCUT2D eigenvalue weighted by atomic mass is 10.3. The van der Waals surface area contributed by atoms with Crippen molar-refractivity contribution in [2.75, 3.05) is 13.1 Å². The van der Waals surface area contributed by atoms with Gasteiger partial charge in [0.15, 0.2) is 0 Å². The van der Waals surface area contributed by atoms with Crippen LogP contribution in [0.25, 0.3) is 0 Å². The van der Waals surface area contributed by atoms with E-state index in [1.807, 2.05) is 19.1 Å². The molecule has 0 amide bonds. The fraction of sp³-hybridized carbons (Fsp3) is 0.444. The van der Waals surface area contributed by atoms with Gasteiger partial charge in [0.05, 0.1) is 0 Å². The van der Waals surface area contributed by atoms with Gasteiger partial charge in [-0.2, -0.15) is 0 Å². The second-order valence-corrected chi connectivity index (χ2v) is 2.44. The summed E-state index contributed by atoms with van der Waals surface area (Å²) >= 11 is 0. The lowest BCUT2D eigenvalue weighted by Gasteiger charge is -2.01. The van der Waals surface area contributed by atoms with Crippen LogP contribution in [0.2, 0.25) is 0 Å². The third-order valence-corrected chi connectivity index (χ3v) is 1.36. The van der Waals surface area contributed by atoms with Crippen LogP contribution in [0.1, 0.15) is 13.3 Å². The molecule has 2 N–H and O–H groups in total. The summed E-state index contributed by atoms with van der Waals surface area (Å²) in [7, 11) is 0. The summed E-state index contributed by atoms with van der Waals surface area (Å²) in [6.45, 7) is 6.49. The average molecular weight is 169 g/mol. The maximum absolute atomic E-state index is 10.3. The highest BCUT2D eigenvalue weighted by atomic mass is 16.4. The van der Waals surface area contributed by atoms with Crippen molar-refractivity contribution in [2.45, 2.75) is 13.3 Å². The van der Waals surface area contributed by atoms with E-state index in [0.29, 0.717) is 6.54 Å². The van der Waals surface area contributed by atoms with E-state index in [4.69, 9.17) is 5.11 Å². The number of carboxylic acids is 1. The summed E-state index contributed by atoms with van der Waals surface area (Å²) in [4.78, 5) is 10.3. The fourth-order valence-corrected chi connectivity index (χ4v) is 0.667. The first-order valence-corrected chi connectivity index (χ1v) is 3.91. The number of aliphatic carboxylic acids is 1. The van der Waals surface area contributed by atoms with Gasteiger partial charge in [-0.1, -0.05) is 18.7 Å².